The number of methoxy groups -OCH3 is 2. The second-order valence-electron chi connectivity index (χ2n) is 10.7. The minimum Gasteiger partial charge on any atom is -0.493 e. The molecule has 0 spiro atoms. The molecule has 0 N–H and O–H groups in total. The molecule has 1 aliphatic heterocycles. The molecule has 222 valence electrons. The Bertz CT molecular complexity index is 1300. The molecule has 4 rings (SSSR count). The van der Waals surface area contributed by atoms with Gasteiger partial charge in [-0.2, -0.15) is 0 Å². The van der Waals surface area contributed by atoms with Crippen LogP contribution in [0.5, 0.6) is 11.5 Å². The molecule has 0 aliphatic carbocycles. The third-order valence-electron chi connectivity index (χ3n) is 7.71. The van der Waals surface area contributed by atoms with Crippen LogP contribution in [0.3, 0.4) is 0 Å². The number of pyridine rings is 1. The van der Waals surface area contributed by atoms with Gasteiger partial charge in [0.2, 0.25) is 0 Å². The number of Topliss-reactive ketones (excluding diaryl/α,β-unsaturated/α-hetero) is 1. The molecule has 1 aromatic heterocycles. The van der Waals surface area contributed by atoms with Crippen LogP contribution in [-0.4, -0.2) is 60.5 Å². The maximum atomic E-state index is 13.5. The Kier molecular flexibility index (Phi) is 11.1. The molecule has 2 aromatic carbocycles. The van der Waals surface area contributed by atoms with E-state index < -0.39 is 23.7 Å². The molecule has 0 saturated carbocycles. The van der Waals surface area contributed by atoms with Crippen LogP contribution < -0.4 is 9.47 Å². The number of amides is 1. The number of carbonyl (C=O) groups excluding carboxylic acids is 3. The topological polar surface area (TPSA) is 95.0 Å². The Balaban J connectivity index is 1.41. The highest BCUT2D eigenvalue weighted by molar-refractivity contribution is 6.43. The van der Waals surface area contributed by atoms with Gasteiger partial charge in [0.05, 0.1) is 14.2 Å². The van der Waals surface area contributed by atoms with Crippen molar-refractivity contribution in [2.75, 3.05) is 20.8 Å². The summed E-state index contributed by atoms with van der Waals surface area (Å²) in [7, 11) is 3.00. The summed E-state index contributed by atoms with van der Waals surface area (Å²) in [4.78, 5) is 45.8. The number of benzene rings is 2. The van der Waals surface area contributed by atoms with Gasteiger partial charge in [0.15, 0.2) is 11.5 Å². The first kappa shape index (κ1) is 30.8. The standard InChI is InChI=1S/C34H40N2O6/c1-24-22-26(23-30(40-2)32(24)41-3)31(37)33(38)36-21-11-19-29(36)34(39)42-28(17-9-14-25-12-5-4-6-13-25)18-10-16-27-15-7-8-20-35-27/h4-8,12-13,15,20,22-23,28-29H,9-11,14,16-19,21H2,1-3H3/t28?,29-/m1/s1. The molecule has 2 heterocycles. The van der Waals surface area contributed by atoms with Crippen LogP contribution in [0.2, 0.25) is 0 Å². The lowest BCUT2D eigenvalue weighted by atomic mass is 10.0. The van der Waals surface area contributed by atoms with Gasteiger partial charge in [-0.05, 0) is 93.7 Å². The van der Waals surface area contributed by atoms with Crippen molar-refractivity contribution in [3.8, 4) is 11.5 Å². The third-order valence-corrected chi connectivity index (χ3v) is 7.71. The Morgan fingerprint density at radius 2 is 1.69 bits per heavy atom. The molecule has 1 saturated heterocycles. The molecule has 0 radical (unpaired) electrons. The molecule has 1 aliphatic rings. The molecule has 3 aromatic rings. The van der Waals surface area contributed by atoms with Crippen molar-refractivity contribution >= 4 is 17.7 Å². The highest BCUT2D eigenvalue weighted by Gasteiger charge is 2.39. The van der Waals surface area contributed by atoms with Crippen LogP contribution in [-0.2, 0) is 27.2 Å². The fourth-order valence-electron chi connectivity index (χ4n) is 5.54. The van der Waals surface area contributed by atoms with Crippen LogP contribution in [0.1, 0.15) is 65.7 Å². The van der Waals surface area contributed by atoms with Crippen molar-refractivity contribution in [1.29, 1.82) is 0 Å². The van der Waals surface area contributed by atoms with E-state index in [1.807, 2.05) is 36.4 Å². The summed E-state index contributed by atoms with van der Waals surface area (Å²) in [6.45, 7) is 2.11. The Morgan fingerprint density at radius 3 is 2.38 bits per heavy atom. The second-order valence-corrected chi connectivity index (χ2v) is 10.7. The zero-order chi connectivity index (χ0) is 29.9. The number of aromatic nitrogens is 1. The van der Waals surface area contributed by atoms with Gasteiger partial charge < -0.3 is 19.1 Å². The van der Waals surface area contributed by atoms with Gasteiger partial charge in [-0.25, -0.2) is 4.79 Å². The highest BCUT2D eigenvalue weighted by Crippen LogP contribution is 2.32. The normalized spacial score (nSPS) is 15.2. The number of rotatable bonds is 14. The molecule has 42 heavy (non-hydrogen) atoms. The lowest BCUT2D eigenvalue weighted by Gasteiger charge is -2.26. The summed E-state index contributed by atoms with van der Waals surface area (Å²) in [6.07, 6.45) is 7.38. The second kappa shape index (κ2) is 15.1. The number of carbonyl (C=O) groups is 3. The third kappa shape index (κ3) is 7.96. The Morgan fingerprint density at radius 1 is 0.952 bits per heavy atom. The summed E-state index contributed by atoms with van der Waals surface area (Å²) >= 11 is 0. The fraction of sp³-hybridized carbons (Fsp3) is 0.412. The molecule has 2 atom stereocenters. The predicted octanol–water partition coefficient (Wildman–Crippen LogP) is 5.54. The summed E-state index contributed by atoms with van der Waals surface area (Å²) in [5, 5.41) is 0. The summed E-state index contributed by atoms with van der Waals surface area (Å²) < 4.78 is 16.8. The molecule has 1 fully saturated rings. The maximum absolute atomic E-state index is 13.5. The minimum absolute atomic E-state index is 0.197. The number of hydrogen-bond acceptors (Lipinski definition) is 7. The Hall–Kier alpha value is -4.20. The quantitative estimate of drug-likeness (QED) is 0.142. The van der Waals surface area contributed by atoms with Crippen molar-refractivity contribution in [1.82, 2.24) is 9.88 Å². The molecule has 8 heteroatoms. The number of aryl methyl sites for hydroxylation is 3. The first-order valence-electron chi connectivity index (χ1n) is 14.6. The van der Waals surface area contributed by atoms with E-state index in [0.717, 1.165) is 31.4 Å². The number of hydrogen-bond donors (Lipinski definition) is 0. The van der Waals surface area contributed by atoms with Crippen molar-refractivity contribution < 1.29 is 28.6 Å². The number of likely N-dealkylation sites (tertiary alicyclic amines) is 1. The molecular formula is C34H40N2O6. The van der Waals surface area contributed by atoms with Gasteiger partial charge in [0.25, 0.3) is 11.7 Å². The van der Waals surface area contributed by atoms with E-state index in [0.29, 0.717) is 49.3 Å². The van der Waals surface area contributed by atoms with E-state index in [-0.39, 0.29) is 11.7 Å². The van der Waals surface area contributed by atoms with Crippen LogP contribution in [0, 0.1) is 6.92 Å². The molecular weight excluding hydrogens is 532 g/mol. The smallest absolute Gasteiger partial charge is 0.329 e. The summed E-state index contributed by atoms with van der Waals surface area (Å²) in [5.74, 6) is -0.967. The number of ketones is 1. The maximum Gasteiger partial charge on any atom is 0.329 e. The van der Waals surface area contributed by atoms with Gasteiger partial charge in [0, 0.05) is 24.0 Å². The van der Waals surface area contributed by atoms with Crippen molar-refractivity contribution in [2.45, 2.75) is 70.4 Å². The first-order chi connectivity index (χ1) is 20.4. The number of ether oxygens (including phenoxy) is 3. The lowest BCUT2D eigenvalue weighted by Crippen LogP contribution is -2.45. The first-order valence-corrected chi connectivity index (χ1v) is 14.6. The average molecular weight is 573 g/mol. The Labute approximate surface area is 248 Å². The van der Waals surface area contributed by atoms with Crippen LogP contribution >= 0.6 is 0 Å². The predicted molar refractivity (Wildman–Crippen MR) is 160 cm³/mol. The average Bonchev–Trinajstić information content (AvgIpc) is 3.51. The van der Waals surface area contributed by atoms with Crippen molar-refractivity contribution in [3.63, 3.8) is 0 Å². The van der Waals surface area contributed by atoms with Gasteiger partial charge in [0.1, 0.15) is 12.1 Å². The van der Waals surface area contributed by atoms with E-state index in [4.69, 9.17) is 14.2 Å². The van der Waals surface area contributed by atoms with Crippen LogP contribution in [0.25, 0.3) is 0 Å². The zero-order valence-corrected chi connectivity index (χ0v) is 24.7. The minimum atomic E-state index is -0.782. The SMILES string of the molecule is COc1cc(C(=O)C(=O)N2CCC[C@@H]2C(=O)OC(CCCc2ccccc2)CCCc2ccccn2)cc(C)c1OC. The van der Waals surface area contributed by atoms with Gasteiger partial charge in [-0.3, -0.25) is 14.6 Å². The van der Waals surface area contributed by atoms with Crippen LogP contribution in [0.4, 0.5) is 0 Å². The fourth-order valence-corrected chi connectivity index (χ4v) is 5.54. The molecule has 0 bridgehead atoms. The van der Waals surface area contributed by atoms with Gasteiger partial charge in [-0.15, -0.1) is 0 Å². The van der Waals surface area contributed by atoms with E-state index in [1.54, 1.807) is 19.2 Å². The summed E-state index contributed by atoms with van der Waals surface area (Å²) in [5.41, 5.74) is 3.12. The molecule has 8 nitrogen and oxygen atoms in total. The number of nitrogens with zero attached hydrogens (tertiary/aromatic N) is 2. The lowest BCUT2D eigenvalue weighted by molar-refractivity contribution is -0.157. The van der Waals surface area contributed by atoms with Crippen molar-refractivity contribution in [3.05, 3.63) is 89.2 Å². The van der Waals surface area contributed by atoms with E-state index in [9.17, 15) is 14.4 Å². The van der Waals surface area contributed by atoms with Gasteiger partial charge >= 0.3 is 5.97 Å². The monoisotopic (exact) mass is 572 g/mol. The zero-order valence-electron chi connectivity index (χ0n) is 24.7. The van der Waals surface area contributed by atoms with E-state index >= 15 is 0 Å². The van der Waals surface area contributed by atoms with E-state index in [1.165, 1.54) is 30.7 Å². The molecule has 1 amide bonds. The number of esters is 1. The highest BCUT2D eigenvalue weighted by atomic mass is 16.5. The summed E-state index contributed by atoms with van der Waals surface area (Å²) in [6, 6.07) is 18.4. The molecule has 1 unspecified atom stereocenters. The van der Waals surface area contributed by atoms with Crippen molar-refractivity contribution in [2.24, 2.45) is 0 Å². The van der Waals surface area contributed by atoms with Gasteiger partial charge in [-0.1, -0.05) is 36.4 Å². The largest absolute Gasteiger partial charge is 0.493 e. The van der Waals surface area contributed by atoms with Crippen LogP contribution in [0.15, 0.2) is 66.9 Å². The van der Waals surface area contributed by atoms with E-state index in [2.05, 4.69) is 17.1 Å².